The number of hydrogen-bond donors (Lipinski definition) is 3. The van der Waals surface area contributed by atoms with E-state index in [1.54, 1.807) is 7.05 Å². The van der Waals surface area contributed by atoms with Crippen molar-refractivity contribution in [2.24, 2.45) is 0 Å². The fourth-order valence-corrected chi connectivity index (χ4v) is 0.854. The number of carbonyl (C=O) groups excluding carboxylic acids is 1. The molecule has 0 aromatic heterocycles. The van der Waals surface area contributed by atoms with E-state index in [4.69, 9.17) is 14.9 Å². The second-order valence-corrected chi connectivity index (χ2v) is 3.16. The third kappa shape index (κ3) is 6.20. The first kappa shape index (κ1) is 14.7. The Morgan fingerprint density at radius 2 is 2.12 bits per heavy atom. The highest BCUT2D eigenvalue weighted by Gasteiger charge is 2.15. The lowest BCUT2D eigenvalue weighted by Gasteiger charge is -2.18. The predicted molar refractivity (Wildman–Crippen MR) is 56.2 cm³/mol. The molecule has 0 saturated heterocycles. The van der Waals surface area contributed by atoms with Crippen molar-refractivity contribution >= 4 is 12.0 Å². The zero-order chi connectivity index (χ0) is 12.6. The van der Waals surface area contributed by atoms with Crippen molar-refractivity contribution in [3.63, 3.8) is 0 Å². The van der Waals surface area contributed by atoms with E-state index < -0.39 is 18.1 Å². The molecule has 16 heavy (non-hydrogen) atoms. The van der Waals surface area contributed by atoms with Crippen molar-refractivity contribution in [1.82, 2.24) is 10.2 Å². The Bertz CT molecular complexity index is 234. The number of hydrogen-bond acceptors (Lipinski definition) is 4. The minimum absolute atomic E-state index is 0.312. The molecule has 0 aromatic carbocycles. The van der Waals surface area contributed by atoms with E-state index in [0.29, 0.717) is 19.8 Å². The molecule has 0 aliphatic rings. The monoisotopic (exact) mass is 234 g/mol. The molecule has 2 amide bonds. The maximum atomic E-state index is 11.3. The number of aliphatic carboxylic acids is 1. The van der Waals surface area contributed by atoms with Gasteiger partial charge in [-0.15, -0.1) is 0 Å². The van der Waals surface area contributed by atoms with Gasteiger partial charge in [0.15, 0.2) is 6.10 Å². The number of nitrogens with one attached hydrogen (secondary N) is 1. The first-order valence-corrected chi connectivity index (χ1v) is 4.96. The minimum Gasteiger partial charge on any atom is -0.479 e. The summed E-state index contributed by atoms with van der Waals surface area (Å²) in [7, 11) is 1.56. The lowest BCUT2D eigenvalue weighted by Crippen LogP contribution is -2.43. The maximum Gasteiger partial charge on any atom is 0.334 e. The molecular weight excluding hydrogens is 216 g/mol. The molecule has 0 saturated carbocycles. The molecule has 0 aliphatic carbocycles. The molecule has 94 valence electrons. The topological polar surface area (TPSA) is 99.1 Å². The van der Waals surface area contributed by atoms with Crippen molar-refractivity contribution in [3.8, 4) is 0 Å². The summed E-state index contributed by atoms with van der Waals surface area (Å²) in [5, 5.41) is 19.6. The van der Waals surface area contributed by atoms with Gasteiger partial charge in [0.1, 0.15) is 0 Å². The fourth-order valence-electron chi connectivity index (χ4n) is 0.854. The van der Waals surface area contributed by atoms with Gasteiger partial charge in [-0.2, -0.15) is 0 Å². The van der Waals surface area contributed by atoms with E-state index in [9.17, 15) is 9.59 Å². The molecule has 0 heterocycles. The number of carbonyl (C=O) groups is 2. The first-order chi connectivity index (χ1) is 7.49. The summed E-state index contributed by atoms with van der Waals surface area (Å²) in [5.41, 5.74) is 0. The van der Waals surface area contributed by atoms with Gasteiger partial charge in [0.05, 0.1) is 13.2 Å². The molecule has 0 spiro atoms. The number of ether oxygens (including phenoxy) is 1. The second kappa shape index (κ2) is 7.89. The summed E-state index contributed by atoms with van der Waals surface area (Å²) >= 11 is 0. The molecule has 0 unspecified atom stereocenters. The van der Waals surface area contributed by atoms with E-state index in [1.807, 2.05) is 6.92 Å². The highest BCUT2D eigenvalue weighted by molar-refractivity contribution is 5.76. The number of amides is 2. The van der Waals surface area contributed by atoms with Crippen LogP contribution in [0.4, 0.5) is 4.79 Å². The van der Waals surface area contributed by atoms with Crippen LogP contribution in [0.25, 0.3) is 0 Å². The largest absolute Gasteiger partial charge is 0.479 e. The average molecular weight is 234 g/mol. The van der Waals surface area contributed by atoms with Crippen molar-refractivity contribution in [2.45, 2.75) is 13.0 Å². The molecule has 3 N–H and O–H groups in total. The Hall–Kier alpha value is -1.34. The normalized spacial score (nSPS) is 11.9. The number of urea groups is 1. The molecule has 0 rings (SSSR count). The molecule has 7 heteroatoms. The molecular formula is C9H18N2O5. The summed E-state index contributed by atoms with van der Waals surface area (Å²) < 4.78 is 5.05. The summed E-state index contributed by atoms with van der Waals surface area (Å²) in [6.45, 7) is 2.94. The van der Waals surface area contributed by atoms with E-state index in [2.05, 4.69) is 5.32 Å². The van der Waals surface area contributed by atoms with Crippen molar-refractivity contribution in [1.29, 1.82) is 0 Å². The Labute approximate surface area is 94.0 Å². The Balaban J connectivity index is 3.74. The van der Waals surface area contributed by atoms with Crippen LogP contribution in [0.15, 0.2) is 0 Å². The van der Waals surface area contributed by atoms with Gasteiger partial charge in [-0.05, 0) is 6.92 Å². The third-order valence-corrected chi connectivity index (χ3v) is 1.85. The van der Waals surface area contributed by atoms with Gasteiger partial charge in [0.2, 0.25) is 0 Å². The summed E-state index contributed by atoms with van der Waals surface area (Å²) in [6, 6.07) is -0.444. The summed E-state index contributed by atoms with van der Waals surface area (Å²) in [4.78, 5) is 22.9. The molecule has 0 fully saturated rings. The van der Waals surface area contributed by atoms with Crippen LogP contribution in [-0.4, -0.2) is 66.6 Å². The molecule has 0 radical (unpaired) electrons. The van der Waals surface area contributed by atoms with Crippen LogP contribution in [0.5, 0.6) is 0 Å². The molecule has 7 nitrogen and oxygen atoms in total. The zero-order valence-corrected chi connectivity index (χ0v) is 9.47. The fraction of sp³-hybridized carbons (Fsp3) is 0.778. The number of likely N-dealkylation sites (N-methyl/N-ethyl adjacent to an activating group) is 1. The Morgan fingerprint density at radius 3 is 2.62 bits per heavy atom. The lowest BCUT2D eigenvalue weighted by atomic mass is 10.3. The number of aliphatic hydroxyl groups is 1. The van der Waals surface area contributed by atoms with Gasteiger partial charge in [-0.1, -0.05) is 0 Å². The quantitative estimate of drug-likeness (QED) is 0.496. The van der Waals surface area contributed by atoms with Gasteiger partial charge < -0.3 is 25.2 Å². The van der Waals surface area contributed by atoms with Crippen LogP contribution in [0.1, 0.15) is 6.92 Å². The number of carboxylic acids is 1. The van der Waals surface area contributed by atoms with Gasteiger partial charge in [-0.3, -0.25) is 0 Å². The highest BCUT2D eigenvalue weighted by atomic mass is 16.5. The smallest absolute Gasteiger partial charge is 0.334 e. The molecule has 0 bridgehead atoms. The maximum absolute atomic E-state index is 11.3. The van der Waals surface area contributed by atoms with Gasteiger partial charge in [0.25, 0.3) is 0 Å². The lowest BCUT2D eigenvalue weighted by molar-refractivity contribution is -0.146. The van der Waals surface area contributed by atoms with Crippen LogP contribution in [0.2, 0.25) is 0 Å². The van der Waals surface area contributed by atoms with E-state index in [1.165, 1.54) is 4.90 Å². The third-order valence-electron chi connectivity index (χ3n) is 1.85. The molecule has 1 atom stereocenters. The number of carboxylic acid groups (broad SMARTS) is 1. The van der Waals surface area contributed by atoms with Crippen molar-refractivity contribution < 1.29 is 24.5 Å². The standard InChI is InChI=1S/C9H18N2O5/c1-3-16-5-4-11(2)9(15)10-6-7(12)8(13)14/h7,12H,3-6H2,1-2H3,(H,10,15)(H,13,14)/t7-/m0/s1. The zero-order valence-electron chi connectivity index (χ0n) is 9.47. The molecule has 0 aromatic rings. The number of nitrogens with zero attached hydrogens (tertiary/aromatic N) is 1. The van der Waals surface area contributed by atoms with Crippen LogP contribution in [-0.2, 0) is 9.53 Å². The minimum atomic E-state index is -1.58. The second-order valence-electron chi connectivity index (χ2n) is 3.16. The van der Waals surface area contributed by atoms with Crippen molar-refractivity contribution in [2.75, 3.05) is 33.4 Å². The van der Waals surface area contributed by atoms with Crippen LogP contribution < -0.4 is 5.32 Å². The first-order valence-electron chi connectivity index (χ1n) is 4.96. The van der Waals surface area contributed by atoms with Crippen LogP contribution in [0.3, 0.4) is 0 Å². The summed E-state index contributed by atoms with van der Waals surface area (Å²) in [6.07, 6.45) is -1.58. The van der Waals surface area contributed by atoms with Crippen LogP contribution in [0, 0.1) is 0 Å². The van der Waals surface area contributed by atoms with E-state index >= 15 is 0 Å². The van der Waals surface area contributed by atoms with Gasteiger partial charge in [0, 0.05) is 20.2 Å². The number of aliphatic hydroxyl groups excluding tert-OH is 1. The van der Waals surface area contributed by atoms with Gasteiger partial charge in [-0.25, -0.2) is 9.59 Å². The highest BCUT2D eigenvalue weighted by Crippen LogP contribution is 1.87. The van der Waals surface area contributed by atoms with Crippen LogP contribution >= 0.6 is 0 Å². The van der Waals surface area contributed by atoms with E-state index in [0.717, 1.165) is 0 Å². The van der Waals surface area contributed by atoms with E-state index in [-0.39, 0.29) is 6.54 Å². The predicted octanol–water partition coefficient (Wildman–Crippen LogP) is -0.890. The Morgan fingerprint density at radius 1 is 1.50 bits per heavy atom. The average Bonchev–Trinajstić information content (AvgIpc) is 2.25. The van der Waals surface area contributed by atoms with Crippen molar-refractivity contribution in [3.05, 3.63) is 0 Å². The Kier molecular flexibility index (Phi) is 7.23. The number of rotatable bonds is 7. The van der Waals surface area contributed by atoms with Gasteiger partial charge >= 0.3 is 12.0 Å². The SMILES string of the molecule is CCOCCN(C)C(=O)NC[C@H](O)C(=O)O. The molecule has 0 aliphatic heterocycles. The summed E-state index contributed by atoms with van der Waals surface area (Å²) in [5.74, 6) is -1.36.